The summed E-state index contributed by atoms with van der Waals surface area (Å²) in [5, 5.41) is 7.07. The monoisotopic (exact) mass is 396 g/mol. The van der Waals surface area contributed by atoms with Crippen LogP contribution in [0.15, 0.2) is 95.5 Å². The van der Waals surface area contributed by atoms with Crippen LogP contribution in [0.2, 0.25) is 0 Å². The van der Waals surface area contributed by atoms with Crippen molar-refractivity contribution in [1.29, 1.82) is 0 Å². The Labute approximate surface area is 176 Å². The summed E-state index contributed by atoms with van der Waals surface area (Å²) in [6, 6.07) is 30.2. The highest BCUT2D eigenvalue weighted by Gasteiger charge is 2.18. The van der Waals surface area contributed by atoms with E-state index in [1.165, 1.54) is 5.56 Å². The SMILES string of the molecule is Cc1ccc(-c2cc(CNC(=O)CC(c3ccccc3)c3ccccc3)no2)cc1. The van der Waals surface area contributed by atoms with E-state index in [0.29, 0.717) is 24.4 Å². The summed E-state index contributed by atoms with van der Waals surface area (Å²) in [5.41, 5.74) is 5.12. The number of hydrogen-bond donors (Lipinski definition) is 1. The number of nitrogens with one attached hydrogen (secondary N) is 1. The van der Waals surface area contributed by atoms with Gasteiger partial charge < -0.3 is 9.84 Å². The molecule has 30 heavy (non-hydrogen) atoms. The van der Waals surface area contributed by atoms with Gasteiger partial charge in [-0.3, -0.25) is 4.79 Å². The van der Waals surface area contributed by atoms with Gasteiger partial charge in [0.2, 0.25) is 5.91 Å². The van der Waals surface area contributed by atoms with E-state index in [1.807, 2.05) is 73.7 Å². The summed E-state index contributed by atoms with van der Waals surface area (Å²) in [5.74, 6) is 0.686. The molecule has 0 bridgehead atoms. The van der Waals surface area contributed by atoms with E-state index in [0.717, 1.165) is 16.7 Å². The molecule has 0 unspecified atom stereocenters. The molecule has 0 aliphatic carbocycles. The Bertz CT molecular complexity index is 1050. The van der Waals surface area contributed by atoms with Crippen LogP contribution in [0.4, 0.5) is 0 Å². The van der Waals surface area contributed by atoms with Gasteiger partial charge in [-0.1, -0.05) is 95.6 Å². The molecule has 0 aliphatic rings. The highest BCUT2D eigenvalue weighted by molar-refractivity contribution is 5.77. The number of carbonyl (C=O) groups excluding carboxylic acids is 1. The van der Waals surface area contributed by atoms with E-state index < -0.39 is 0 Å². The maximum Gasteiger partial charge on any atom is 0.221 e. The van der Waals surface area contributed by atoms with Crippen molar-refractivity contribution >= 4 is 5.91 Å². The molecule has 1 heterocycles. The van der Waals surface area contributed by atoms with Crippen LogP contribution in [0, 0.1) is 6.92 Å². The fraction of sp³-hybridized carbons (Fsp3) is 0.154. The Balaban J connectivity index is 1.41. The molecule has 1 N–H and O–H groups in total. The lowest BCUT2D eigenvalue weighted by atomic mass is 9.88. The van der Waals surface area contributed by atoms with Gasteiger partial charge in [-0.2, -0.15) is 0 Å². The van der Waals surface area contributed by atoms with Crippen LogP contribution in [0.25, 0.3) is 11.3 Å². The van der Waals surface area contributed by atoms with E-state index in [-0.39, 0.29) is 11.8 Å². The molecule has 1 amide bonds. The zero-order valence-corrected chi connectivity index (χ0v) is 16.9. The summed E-state index contributed by atoms with van der Waals surface area (Å²) in [4.78, 5) is 12.7. The van der Waals surface area contributed by atoms with Crippen molar-refractivity contribution in [1.82, 2.24) is 10.5 Å². The Morgan fingerprint density at radius 3 is 2.10 bits per heavy atom. The van der Waals surface area contributed by atoms with Gasteiger partial charge in [-0.05, 0) is 18.1 Å². The van der Waals surface area contributed by atoms with Crippen molar-refractivity contribution in [3.05, 3.63) is 113 Å². The van der Waals surface area contributed by atoms with Gasteiger partial charge in [-0.25, -0.2) is 0 Å². The maximum absolute atomic E-state index is 12.7. The molecule has 4 nitrogen and oxygen atoms in total. The number of amides is 1. The maximum atomic E-state index is 12.7. The molecule has 150 valence electrons. The number of aryl methyl sites for hydroxylation is 1. The number of hydrogen-bond acceptors (Lipinski definition) is 3. The average molecular weight is 396 g/mol. The Hall–Kier alpha value is -3.66. The minimum absolute atomic E-state index is 0.00725. The van der Waals surface area contributed by atoms with Crippen LogP contribution in [0.3, 0.4) is 0 Å². The van der Waals surface area contributed by atoms with E-state index in [2.05, 4.69) is 34.7 Å². The largest absolute Gasteiger partial charge is 0.356 e. The zero-order valence-electron chi connectivity index (χ0n) is 16.9. The molecule has 4 aromatic rings. The first-order valence-electron chi connectivity index (χ1n) is 10.1. The number of rotatable bonds is 7. The molecule has 0 atom stereocenters. The molecular formula is C26H24N2O2. The molecule has 4 heteroatoms. The van der Waals surface area contributed by atoms with Crippen molar-refractivity contribution < 1.29 is 9.32 Å². The number of carbonyl (C=O) groups is 1. The lowest BCUT2D eigenvalue weighted by Gasteiger charge is -2.17. The molecule has 3 aromatic carbocycles. The summed E-state index contributed by atoms with van der Waals surface area (Å²) >= 11 is 0. The molecule has 0 spiro atoms. The summed E-state index contributed by atoms with van der Waals surface area (Å²) in [6.45, 7) is 2.38. The van der Waals surface area contributed by atoms with Gasteiger partial charge in [0.25, 0.3) is 0 Å². The molecule has 0 saturated heterocycles. The predicted octanol–water partition coefficient (Wildman–Crippen LogP) is 5.49. The van der Waals surface area contributed by atoms with Crippen LogP contribution in [0.1, 0.15) is 34.7 Å². The van der Waals surface area contributed by atoms with Crippen LogP contribution >= 0.6 is 0 Å². The quantitative estimate of drug-likeness (QED) is 0.449. The summed E-state index contributed by atoms with van der Waals surface area (Å²) < 4.78 is 5.44. The van der Waals surface area contributed by atoms with Crippen LogP contribution in [-0.2, 0) is 11.3 Å². The van der Waals surface area contributed by atoms with Crippen LogP contribution in [-0.4, -0.2) is 11.1 Å². The second kappa shape index (κ2) is 9.23. The fourth-order valence-electron chi connectivity index (χ4n) is 3.49. The van der Waals surface area contributed by atoms with E-state index >= 15 is 0 Å². The molecule has 0 fully saturated rings. The highest BCUT2D eigenvalue weighted by atomic mass is 16.5. The Morgan fingerprint density at radius 2 is 1.50 bits per heavy atom. The minimum Gasteiger partial charge on any atom is -0.356 e. The third-order valence-electron chi connectivity index (χ3n) is 5.16. The molecular weight excluding hydrogens is 372 g/mol. The lowest BCUT2D eigenvalue weighted by molar-refractivity contribution is -0.121. The fourth-order valence-corrected chi connectivity index (χ4v) is 3.49. The van der Waals surface area contributed by atoms with Crippen LogP contribution < -0.4 is 5.32 Å². The third-order valence-corrected chi connectivity index (χ3v) is 5.16. The second-order valence-electron chi connectivity index (χ2n) is 7.40. The summed E-state index contributed by atoms with van der Waals surface area (Å²) in [7, 11) is 0. The molecule has 4 rings (SSSR count). The minimum atomic E-state index is -0.0207. The van der Waals surface area contributed by atoms with Crippen LogP contribution in [0.5, 0.6) is 0 Å². The molecule has 0 aliphatic heterocycles. The van der Waals surface area contributed by atoms with Crippen molar-refractivity contribution in [3.8, 4) is 11.3 Å². The Morgan fingerprint density at radius 1 is 0.900 bits per heavy atom. The van der Waals surface area contributed by atoms with Gasteiger partial charge in [0.05, 0.1) is 6.54 Å². The first kappa shape index (κ1) is 19.6. The van der Waals surface area contributed by atoms with Crippen molar-refractivity contribution in [2.45, 2.75) is 25.8 Å². The second-order valence-corrected chi connectivity index (χ2v) is 7.40. The molecule has 0 radical (unpaired) electrons. The number of benzene rings is 3. The van der Waals surface area contributed by atoms with Gasteiger partial charge >= 0.3 is 0 Å². The van der Waals surface area contributed by atoms with E-state index in [1.54, 1.807) is 0 Å². The number of aromatic nitrogens is 1. The predicted molar refractivity (Wildman–Crippen MR) is 118 cm³/mol. The average Bonchev–Trinajstić information content (AvgIpc) is 3.27. The third kappa shape index (κ3) is 4.84. The van der Waals surface area contributed by atoms with E-state index in [9.17, 15) is 4.79 Å². The van der Waals surface area contributed by atoms with Crippen molar-refractivity contribution in [3.63, 3.8) is 0 Å². The van der Waals surface area contributed by atoms with Gasteiger partial charge in [0.15, 0.2) is 5.76 Å². The van der Waals surface area contributed by atoms with E-state index in [4.69, 9.17) is 4.52 Å². The van der Waals surface area contributed by atoms with Gasteiger partial charge in [0, 0.05) is 24.0 Å². The number of nitrogens with zero attached hydrogens (tertiary/aromatic N) is 1. The van der Waals surface area contributed by atoms with Crippen molar-refractivity contribution in [2.75, 3.05) is 0 Å². The standard InChI is InChI=1S/C26H24N2O2/c1-19-12-14-22(15-13-19)25-16-23(28-30-25)18-27-26(29)17-24(20-8-4-2-5-9-20)21-10-6-3-7-11-21/h2-16,24H,17-18H2,1H3,(H,27,29). The molecule has 0 saturated carbocycles. The normalized spacial score (nSPS) is 10.9. The topological polar surface area (TPSA) is 55.1 Å². The first-order valence-corrected chi connectivity index (χ1v) is 10.1. The highest BCUT2D eigenvalue weighted by Crippen LogP contribution is 2.28. The molecule has 1 aromatic heterocycles. The smallest absolute Gasteiger partial charge is 0.221 e. The Kier molecular flexibility index (Phi) is 6.04. The van der Waals surface area contributed by atoms with Gasteiger partial charge in [-0.15, -0.1) is 0 Å². The van der Waals surface area contributed by atoms with Crippen molar-refractivity contribution in [2.24, 2.45) is 0 Å². The van der Waals surface area contributed by atoms with Gasteiger partial charge in [0.1, 0.15) is 5.69 Å². The summed E-state index contributed by atoms with van der Waals surface area (Å²) in [6.07, 6.45) is 0.372. The zero-order chi connectivity index (χ0) is 20.8. The lowest BCUT2D eigenvalue weighted by Crippen LogP contribution is -2.25. The first-order chi connectivity index (χ1) is 14.7.